The van der Waals surface area contributed by atoms with E-state index in [4.69, 9.17) is 0 Å². The number of likely N-dealkylation sites (N-methyl/N-ethyl adjacent to an activating group) is 1. The van der Waals surface area contributed by atoms with Crippen LogP contribution in [0.25, 0.3) is 0 Å². The molecule has 46 heavy (non-hydrogen) atoms. The summed E-state index contributed by atoms with van der Waals surface area (Å²) in [5.74, 6) is -2.37. The molecule has 3 fully saturated rings. The van der Waals surface area contributed by atoms with Gasteiger partial charge >= 0.3 is 6.03 Å². The zero-order chi connectivity index (χ0) is 35.0. The van der Waals surface area contributed by atoms with Crippen LogP contribution in [-0.2, 0) is 29.2 Å². The van der Waals surface area contributed by atoms with Crippen LogP contribution >= 0.6 is 0 Å². The molecule has 2 unspecified atom stereocenters. The molecule has 14 heteroatoms. The Morgan fingerprint density at radius 2 is 1.57 bits per heavy atom. The van der Waals surface area contributed by atoms with Crippen LogP contribution < -0.4 is 21.3 Å². The lowest BCUT2D eigenvalue weighted by Gasteiger charge is -2.39. The van der Waals surface area contributed by atoms with Gasteiger partial charge in [-0.1, -0.05) is 68.7 Å². The number of Topliss-reactive ketones (excluding diaryl/α,β-unsaturated/α-hetero) is 1. The number of piperidine rings is 1. The second kappa shape index (κ2) is 13.8. The Kier molecular flexibility index (Phi) is 11.3. The summed E-state index contributed by atoms with van der Waals surface area (Å²) in [4.78, 5) is 68.4. The van der Waals surface area contributed by atoms with Crippen molar-refractivity contribution < 1.29 is 32.4 Å². The average Bonchev–Trinajstić information content (AvgIpc) is 3.23. The smallest absolute Gasteiger partial charge is 0.315 e. The van der Waals surface area contributed by atoms with Crippen LogP contribution in [-0.4, -0.2) is 103 Å². The van der Waals surface area contributed by atoms with E-state index in [1.54, 1.807) is 6.92 Å². The molecule has 0 radical (unpaired) electrons. The van der Waals surface area contributed by atoms with E-state index in [0.717, 1.165) is 0 Å². The van der Waals surface area contributed by atoms with E-state index in [1.165, 1.54) is 9.21 Å². The number of hydrogen-bond donors (Lipinski definition) is 4. The molecule has 1 saturated carbocycles. The summed E-state index contributed by atoms with van der Waals surface area (Å²) in [6.45, 7) is 20.0. The number of nitrogens with one attached hydrogen (secondary N) is 4. The lowest BCUT2D eigenvalue weighted by Crippen LogP contribution is -2.62. The van der Waals surface area contributed by atoms with E-state index in [0.29, 0.717) is 25.9 Å². The van der Waals surface area contributed by atoms with Gasteiger partial charge in [0.05, 0.1) is 11.8 Å². The van der Waals surface area contributed by atoms with Gasteiger partial charge in [-0.3, -0.25) is 19.2 Å². The van der Waals surface area contributed by atoms with Crippen LogP contribution in [0.2, 0.25) is 0 Å². The minimum atomic E-state index is -3.38. The number of amides is 5. The topological polar surface area (TPSA) is 174 Å². The highest BCUT2D eigenvalue weighted by atomic mass is 32.2. The molecule has 0 aromatic heterocycles. The molecular weight excluding hydrogens is 612 g/mol. The molecule has 1 aliphatic carbocycles. The molecule has 2 saturated heterocycles. The molecule has 2 aliphatic heterocycles. The largest absolute Gasteiger partial charge is 0.350 e. The minimum Gasteiger partial charge on any atom is -0.350 e. The van der Waals surface area contributed by atoms with Crippen LogP contribution in [0.4, 0.5) is 4.79 Å². The Bertz CT molecular complexity index is 1300. The summed E-state index contributed by atoms with van der Waals surface area (Å²) in [5.41, 5.74) is -1.42. The summed E-state index contributed by atoms with van der Waals surface area (Å²) in [6, 6.07) is -4.04. The number of rotatable bonds is 12. The van der Waals surface area contributed by atoms with Crippen molar-refractivity contribution in [2.24, 2.45) is 28.1 Å². The normalized spacial score (nSPS) is 25.5. The summed E-state index contributed by atoms with van der Waals surface area (Å²) in [5, 5.41) is 11.1. The highest BCUT2D eigenvalue weighted by Gasteiger charge is 2.70. The summed E-state index contributed by atoms with van der Waals surface area (Å²) >= 11 is 0. The maximum atomic E-state index is 14.3. The zero-order valence-electron chi connectivity index (χ0n) is 29.3. The summed E-state index contributed by atoms with van der Waals surface area (Å²) in [7, 11) is -3.38. The molecule has 2 heterocycles. The molecule has 0 aromatic carbocycles. The van der Waals surface area contributed by atoms with Gasteiger partial charge in [-0.05, 0) is 47.8 Å². The fourth-order valence-electron chi connectivity index (χ4n) is 6.82. The Labute approximate surface area is 274 Å². The van der Waals surface area contributed by atoms with Gasteiger partial charge in [0, 0.05) is 32.2 Å². The Balaban J connectivity index is 1.82. The van der Waals surface area contributed by atoms with E-state index in [1.807, 2.05) is 62.3 Å². The van der Waals surface area contributed by atoms with E-state index in [2.05, 4.69) is 21.3 Å². The number of ketones is 1. The summed E-state index contributed by atoms with van der Waals surface area (Å²) < 4.78 is 26.4. The SMILES string of the molecule is CCCC(NC(=O)C1[C@@H]2[C@H](CN1C(=O)[C@@H](NC(=O)N[C@H](CN1CCCS1(=O)=O)C(C)(C)C)C(C)(C)C)C2(C)C)C(=O)C(=O)NCC. The molecule has 3 aliphatic rings. The van der Waals surface area contributed by atoms with Crippen molar-refractivity contribution in [3.63, 3.8) is 0 Å². The van der Waals surface area contributed by atoms with Crippen LogP contribution in [0.3, 0.4) is 0 Å². The third-order valence-corrected chi connectivity index (χ3v) is 11.8. The molecule has 0 bridgehead atoms. The van der Waals surface area contributed by atoms with Gasteiger partial charge in [0.1, 0.15) is 12.1 Å². The Morgan fingerprint density at radius 3 is 2.07 bits per heavy atom. The number of hydrogen-bond acceptors (Lipinski definition) is 7. The standard InChI is InChI=1S/C32H56N6O7S/c1-11-14-20(24(39)27(41)33-12-2)34-26(40)23-22-19(32(22,9)10)17-38(23)28(42)25(31(6,7)8)36-29(43)35-21(30(3,4)5)18-37-15-13-16-46(37,44)45/h19-23,25H,11-18H2,1-10H3,(H,33,41)(H,34,40)(H2,35,36,43)/t19-,20?,21+,22-,23?,25+/m0/s1. The van der Waals surface area contributed by atoms with Gasteiger partial charge < -0.3 is 26.2 Å². The monoisotopic (exact) mass is 668 g/mol. The van der Waals surface area contributed by atoms with E-state index >= 15 is 0 Å². The predicted octanol–water partition coefficient (Wildman–Crippen LogP) is 1.62. The number of carbonyl (C=O) groups is 5. The van der Waals surface area contributed by atoms with E-state index in [-0.39, 0.29) is 42.5 Å². The molecule has 0 spiro atoms. The lowest BCUT2D eigenvalue weighted by molar-refractivity contribution is -0.145. The maximum absolute atomic E-state index is 14.3. The number of likely N-dealkylation sites (tertiary alicyclic amines) is 1. The predicted molar refractivity (Wildman–Crippen MR) is 175 cm³/mol. The Hall–Kier alpha value is -2.74. The van der Waals surface area contributed by atoms with Crippen molar-refractivity contribution in [1.82, 2.24) is 30.5 Å². The number of carbonyl (C=O) groups excluding carboxylic acids is 5. The van der Waals surface area contributed by atoms with Crippen LogP contribution in [0, 0.1) is 28.1 Å². The first kappa shape index (κ1) is 37.7. The maximum Gasteiger partial charge on any atom is 0.315 e. The van der Waals surface area contributed by atoms with Crippen molar-refractivity contribution in [2.75, 3.05) is 31.9 Å². The van der Waals surface area contributed by atoms with Crippen molar-refractivity contribution in [1.29, 1.82) is 0 Å². The Morgan fingerprint density at radius 1 is 0.935 bits per heavy atom. The van der Waals surface area contributed by atoms with Gasteiger partial charge in [-0.15, -0.1) is 0 Å². The second-order valence-electron chi connectivity index (χ2n) is 15.8. The molecular formula is C32H56N6O7S. The van der Waals surface area contributed by atoms with Gasteiger partial charge in [-0.25, -0.2) is 13.2 Å². The molecule has 262 valence electrons. The zero-order valence-corrected chi connectivity index (χ0v) is 30.1. The highest BCUT2D eigenvalue weighted by Crippen LogP contribution is 2.65. The lowest BCUT2D eigenvalue weighted by atomic mass is 9.85. The first-order valence-electron chi connectivity index (χ1n) is 16.6. The first-order chi connectivity index (χ1) is 21.1. The van der Waals surface area contributed by atoms with Crippen molar-refractivity contribution in [3.8, 4) is 0 Å². The van der Waals surface area contributed by atoms with Gasteiger partial charge in [0.15, 0.2) is 0 Å². The third-order valence-electron chi connectivity index (χ3n) is 9.86. The number of nitrogens with zero attached hydrogens (tertiary/aromatic N) is 2. The van der Waals surface area contributed by atoms with Crippen molar-refractivity contribution >= 4 is 39.6 Å². The van der Waals surface area contributed by atoms with Gasteiger partial charge in [0.25, 0.3) is 5.91 Å². The third kappa shape index (κ3) is 8.21. The number of urea groups is 1. The highest BCUT2D eigenvalue weighted by molar-refractivity contribution is 7.89. The molecule has 5 amide bonds. The minimum absolute atomic E-state index is 0.0676. The fraction of sp³-hybridized carbons (Fsp3) is 0.844. The second-order valence-corrected chi connectivity index (χ2v) is 17.9. The van der Waals surface area contributed by atoms with E-state index in [9.17, 15) is 32.4 Å². The molecule has 6 atom stereocenters. The van der Waals surface area contributed by atoms with Gasteiger partial charge in [-0.2, -0.15) is 4.31 Å². The van der Waals surface area contributed by atoms with Crippen molar-refractivity contribution in [3.05, 3.63) is 0 Å². The first-order valence-corrected chi connectivity index (χ1v) is 18.2. The summed E-state index contributed by atoms with van der Waals surface area (Å²) in [6.07, 6.45) is 1.37. The quantitative estimate of drug-likeness (QED) is 0.229. The molecule has 0 aromatic rings. The van der Waals surface area contributed by atoms with Crippen LogP contribution in [0.15, 0.2) is 0 Å². The molecule has 4 N–H and O–H groups in total. The average molecular weight is 669 g/mol. The van der Waals surface area contributed by atoms with Crippen LogP contribution in [0.5, 0.6) is 0 Å². The van der Waals surface area contributed by atoms with Crippen molar-refractivity contribution in [2.45, 2.75) is 113 Å². The van der Waals surface area contributed by atoms with Gasteiger partial charge in [0.2, 0.25) is 27.6 Å². The molecule has 3 rings (SSSR count). The van der Waals surface area contributed by atoms with E-state index < -0.39 is 74.6 Å². The van der Waals surface area contributed by atoms with Crippen LogP contribution in [0.1, 0.15) is 88.5 Å². The molecule has 13 nitrogen and oxygen atoms in total. The number of sulfonamides is 1. The number of fused-ring (bicyclic) bond motifs is 1. The fourth-order valence-corrected chi connectivity index (χ4v) is 8.35.